The van der Waals surface area contributed by atoms with Crippen LogP contribution in [0.1, 0.15) is 15.9 Å². The Kier molecular flexibility index (Phi) is 5.34. The van der Waals surface area contributed by atoms with E-state index in [0.717, 1.165) is 23.8 Å². The van der Waals surface area contributed by atoms with E-state index >= 15 is 0 Å². The van der Waals surface area contributed by atoms with Gasteiger partial charge in [0.15, 0.2) is 0 Å². The van der Waals surface area contributed by atoms with Crippen molar-refractivity contribution < 1.29 is 4.79 Å². The van der Waals surface area contributed by atoms with E-state index in [0.29, 0.717) is 6.54 Å². The van der Waals surface area contributed by atoms with Gasteiger partial charge in [0, 0.05) is 5.56 Å². The Bertz CT molecular complexity index is 250. The maximum atomic E-state index is 10.5. The molecule has 0 spiro atoms. The normalized spacial score (nSPS) is 8.75. The van der Waals surface area contributed by atoms with Crippen LogP contribution in [0.3, 0.4) is 0 Å². The van der Waals surface area contributed by atoms with Gasteiger partial charge in [-0.2, -0.15) is 0 Å². The lowest BCUT2D eigenvalue weighted by atomic mass is 10.1. The Balaban J connectivity index is 0.00000121. The van der Waals surface area contributed by atoms with Crippen molar-refractivity contribution in [2.24, 2.45) is 5.73 Å². The van der Waals surface area contributed by atoms with Gasteiger partial charge in [0.2, 0.25) is 0 Å². The first-order chi connectivity index (χ1) is 5.38. The van der Waals surface area contributed by atoms with E-state index in [2.05, 4.69) is 0 Å². The molecule has 0 radical (unpaired) electrons. The summed E-state index contributed by atoms with van der Waals surface area (Å²) in [7, 11) is 0. The maximum absolute atomic E-state index is 10.5. The number of carbonyl (C=O) groups is 1. The van der Waals surface area contributed by atoms with Gasteiger partial charge in [0.05, 0.1) is 0 Å². The highest BCUT2D eigenvalue weighted by Crippen LogP contribution is 2.05. The molecule has 0 heterocycles. The second-order valence-corrected chi connectivity index (χ2v) is 2.36. The number of carbonyl (C=O) groups excluding carboxylic acids is 1. The van der Waals surface area contributed by atoms with Crippen molar-refractivity contribution in [3.63, 3.8) is 0 Å². The zero-order valence-electron chi connectivity index (χ0n) is 6.69. The summed E-state index contributed by atoms with van der Waals surface area (Å²) in [6.45, 7) is 0.588. The summed E-state index contributed by atoms with van der Waals surface area (Å²) in [5.74, 6) is 0. The lowest BCUT2D eigenvalue weighted by molar-refractivity contribution is 0.112. The van der Waals surface area contributed by atoms with Crippen molar-refractivity contribution in [1.82, 2.24) is 0 Å². The predicted molar refractivity (Wildman–Crippen MR) is 51.8 cm³/mol. The van der Waals surface area contributed by atoms with Crippen LogP contribution < -0.4 is 5.73 Å². The van der Waals surface area contributed by atoms with E-state index < -0.39 is 0 Å². The van der Waals surface area contributed by atoms with E-state index in [9.17, 15) is 4.79 Å². The van der Waals surface area contributed by atoms with E-state index in [-0.39, 0.29) is 12.4 Å². The van der Waals surface area contributed by atoms with Crippen LogP contribution in [0.15, 0.2) is 24.3 Å². The fraction of sp³-hybridized carbons (Fsp3) is 0.222. The van der Waals surface area contributed by atoms with Gasteiger partial charge in [0.25, 0.3) is 0 Å². The molecule has 0 bridgehead atoms. The summed E-state index contributed by atoms with van der Waals surface area (Å²) in [6, 6.07) is 7.50. The molecule has 0 amide bonds. The minimum atomic E-state index is 0. The monoisotopic (exact) mass is 185 g/mol. The van der Waals surface area contributed by atoms with Gasteiger partial charge in [-0.25, -0.2) is 0 Å². The largest absolute Gasteiger partial charge is 0.330 e. The summed E-state index contributed by atoms with van der Waals surface area (Å²) in [5, 5.41) is 0. The highest BCUT2D eigenvalue weighted by Gasteiger charge is 1.96. The van der Waals surface area contributed by atoms with Gasteiger partial charge in [-0.05, 0) is 18.5 Å². The lowest BCUT2D eigenvalue weighted by Gasteiger charge is -2.00. The molecule has 12 heavy (non-hydrogen) atoms. The second-order valence-electron chi connectivity index (χ2n) is 2.36. The standard InChI is InChI=1S/C9H11NO.ClH/c10-6-5-8-3-1-2-4-9(8)7-11;/h1-4,7H,5-6,10H2;1H. The Morgan fingerprint density at radius 2 is 2.00 bits per heavy atom. The first kappa shape index (κ1) is 11.1. The Morgan fingerprint density at radius 1 is 1.33 bits per heavy atom. The zero-order chi connectivity index (χ0) is 8.10. The van der Waals surface area contributed by atoms with E-state index in [1.54, 1.807) is 6.07 Å². The highest BCUT2D eigenvalue weighted by atomic mass is 35.5. The second kappa shape index (κ2) is 5.75. The molecular weight excluding hydrogens is 174 g/mol. The number of hydrogen-bond donors (Lipinski definition) is 1. The Morgan fingerprint density at radius 3 is 2.58 bits per heavy atom. The van der Waals surface area contributed by atoms with Crippen molar-refractivity contribution >= 4 is 18.7 Å². The van der Waals surface area contributed by atoms with Crippen LogP contribution in [0, 0.1) is 0 Å². The van der Waals surface area contributed by atoms with E-state index in [4.69, 9.17) is 5.73 Å². The molecule has 1 rings (SSSR count). The molecule has 0 saturated heterocycles. The highest BCUT2D eigenvalue weighted by molar-refractivity contribution is 5.85. The van der Waals surface area contributed by atoms with Crippen molar-refractivity contribution in [1.29, 1.82) is 0 Å². The van der Waals surface area contributed by atoms with Crippen LogP contribution in [0.4, 0.5) is 0 Å². The number of aldehydes is 1. The summed E-state index contributed by atoms with van der Waals surface area (Å²) in [4.78, 5) is 10.5. The van der Waals surface area contributed by atoms with Gasteiger partial charge in [-0.1, -0.05) is 24.3 Å². The molecule has 0 aliphatic heterocycles. The van der Waals surface area contributed by atoms with Crippen LogP contribution in [0.2, 0.25) is 0 Å². The molecule has 1 aromatic carbocycles. The average Bonchev–Trinajstić information content (AvgIpc) is 2.06. The first-order valence-electron chi connectivity index (χ1n) is 3.61. The van der Waals surface area contributed by atoms with Gasteiger partial charge in [0.1, 0.15) is 6.29 Å². The summed E-state index contributed by atoms with van der Waals surface area (Å²) >= 11 is 0. The van der Waals surface area contributed by atoms with Gasteiger partial charge >= 0.3 is 0 Å². The molecule has 3 heteroatoms. The van der Waals surface area contributed by atoms with E-state index in [1.807, 2.05) is 18.2 Å². The molecule has 0 unspecified atom stereocenters. The van der Waals surface area contributed by atoms with Gasteiger partial charge in [-0.3, -0.25) is 4.79 Å². The average molecular weight is 186 g/mol. The van der Waals surface area contributed by atoms with Gasteiger partial charge in [-0.15, -0.1) is 12.4 Å². The third kappa shape index (κ3) is 2.64. The number of benzene rings is 1. The molecule has 66 valence electrons. The predicted octanol–water partition coefficient (Wildman–Crippen LogP) is 1.42. The van der Waals surface area contributed by atoms with Crippen molar-refractivity contribution in [2.75, 3.05) is 6.54 Å². The van der Waals surface area contributed by atoms with Crippen molar-refractivity contribution in [3.8, 4) is 0 Å². The molecule has 0 atom stereocenters. The fourth-order valence-electron chi connectivity index (χ4n) is 1.03. The minimum Gasteiger partial charge on any atom is -0.330 e. The first-order valence-corrected chi connectivity index (χ1v) is 3.61. The van der Waals surface area contributed by atoms with Gasteiger partial charge < -0.3 is 5.73 Å². The Hall–Kier alpha value is -0.860. The number of hydrogen-bond acceptors (Lipinski definition) is 2. The molecule has 0 saturated carbocycles. The lowest BCUT2D eigenvalue weighted by Crippen LogP contribution is -2.04. The van der Waals surface area contributed by atoms with Crippen molar-refractivity contribution in [2.45, 2.75) is 6.42 Å². The Labute approximate surface area is 78.2 Å². The quantitative estimate of drug-likeness (QED) is 0.724. The third-order valence-electron chi connectivity index (χ3n) is 1.60. The molecule has 0 aromatic heterocycles. The zero-order valence-corrected chi connectivity index (χ0v) is 7.51. The van der Waals surface area contributed by atoms with Crippen LogP contribution in [-0.2, 0) is 6.42 Å². The molecular formula is C9H12ClNO. The van der Waals surface area contributed by atoms with Crippen molar-refractivity contribution in [3.05, 3.63) is 35.4 Å². The molecule has 2 N–H and O–H groups in total. The number of nitrogens with two attached hydrogens (primary N) is 1. The third-order valence-corrected chi connectivity index (χ3v) is 1.60. The fourth-order valence-corrected chi connectivity index (χ4v) is 1.03. The molecule has 2 nitrogen and oxygen atoms in total. The van der Waals surface area contributed by atoms with Crippen LogP contribution >= 0.6 is 12.4 Å². The van der Waals surface area contributed by atoms with Crippen LogP contribution in [0.5, 0.6) is 0 Å². The number of rotatable bonds is 3. The maximum Gasteiger partial charge on any atom is 0.150 e. The van der Waals surface area contributed by atoms with Crippen LogP contribution in [-0.4, -0.2) is 12.8 Å². The topological polar surface area (TPSA) is 43.1 Å². The number of halogens is 1. The summed E-state index contributed by atoms with van der Waals surface area (Å²) < 4.78 is 0. The molecule has 0 aliphatic rings. The summed E-state index contributed by atoms with van der Waals surface area (Å²) in [5.41, 5.74) is 7.15. The summed E-state index contributed by atoms with van der Waals surface area (Å²) in [6.07, 6.45) is 1.64. The van der Waals surface area contributed by atoms with E-state index in [1.165, 1.54) is 0 Å². The molecule has 0 fully saturated rings. The molecule has 0 aliphatic carbocycles. The molecule has 1 aromatic rings. The SMILES string of the molecule is Cl.NCCc1ccccc1C=O. The smallest absolute Gasteiger partial charge is 0.150 e. The minimum absolute atomic E-state index is 0. The van der Waals surface area contributed by atoms with Crippen LogP contribution in [0.25, 0.3) is 0 Å².